The van der Waals surface area contributed by atoms with Gasteiger partial charge in [0.2, 0.25) is 0 Å². The van der Waals surface area contributed by atoms with E-state index >= 15 is 0 Å². The van der Waals surface area contributed by atoms with E-state index in [4.69, 9.17) is 15.2 Å². The molecule has 2 aliphatic heterocycles. The second kappa shape index (κ2) is 16.2. The number of pyridine rings is 1. The number of anilines is 2. The van der Waals surface area contributed by atoms with Crippen LogP contribution in [0.1, 0.15) is 53.6 Å². The first-order valence-electron chi connectivity index (χ1n) is 19.0. The highest BCUT2D eigenvalue weighted by molar-refractivity contribution is 7.98. The molecule has 3 fully saturated rings. The van der Waals surface area contributed by atoms with Crippen LogP contribution in [0.4, 0.5) is 25.8 Å². The summed E-state index contributed by atoms with van der Waals surface area (Å²) in [6.07, 6.45) is 5.38. The van der Waals surface area contributed by atoms with E-state index in [2.05, 4.69) is 29.4 Å². The minimum atomic E-state index is -2.56. The van der Waals surface area contributed by atoms with Crippen molar-refractivity contribution in [3.05, 3.63) is 106 Å². The number of nitro groups is 1. The molecule has 57 heavy (non-hydrogen) atoms. The molecule has 3 aromatic carbocycles. The molecule has 2 aromatic heterocycles. The maximum absolute atomic E-state index is 13.6. The van der Waals surface area contributed by atoms with Crippen LogP contribution in [-0.4, -0.2) is 83.0 Å². The van der Waals surface area contributed by atoms with Gasteiger partial charge in [-0.25, -0.2) is 13.8 Å². The summed E-state index contributed by atoms with van der Waals surface area (Å²) >= 11 is 0.963. The van der Waals surface area contributed by atoms with Gasteiger partial charge in [0.05, 0.1) is 29.4 Å². The average molecular weight is 799 g/mol. The standard InChI is InChI=1S/C41H44F2N8O5S/c1-55-36-18-26(2-5-32(36)38(42)43)25-48-14-16-50(17-15-48)29-22-41(23-29)9-12-49(13-10-41)28-3-6-33(37(20-28)56-30-19-27-8-11-45-39(27)46-24-30)40(52)47-57-31-4-7-34(44)35(21-31)51(53)54/h2-8,11,18-21,24,29,38H,9-10,12-17,22-23,25,44H2,1H3,(H,45,46)(H,47,52). The number of alkyl halides is 2. The smallest absolute Gasteiger partial charge is 0.293 e. The topological polar surface area (TPSA) is 155 Å². The van der Waals surface area contributed by atoms with Gasteiger partial charge in [0.1, 0.15) is 28.6 Å². The zero-order valence-electron chi connectivity index (χ0n) is 31.5. The van der Waals surface area contributed by atoms with Gasteiger partial charge in [-0.1, -0.05) is 6.07 Å². The molecule has 0 radical (unpaired) electrons. The molecule has 1 aliphatic carbocycles. The lowest BCUT2D eigenvalue weighted by Gasteiger charge is -2.56. The fraction of sp³-hybridized carbons (Fsp3) is 0.366. The van der Waals surface area contributed by atoms with Crippen LogP contribution in [0.15, 0.2) is 84.0 Å². The minimum absolute atomic E-state index is 0.0460. The number of nitrogen functional groups attached to an aromatic ring is 1. The summed E-state index contributed by atoms with van der Waals surface area (Å²) < 4.78 is 41.0. The van der Waals surface area contributed by atoms with E-state index in [0.717, 1.165) is 86.3 Å². The van der Waals surface area contributed by atoms with Crippen LogP contribution in [0.2, 0.25) is 0 Å². The molecule has 298 valence electrons. The molecule has 16 heteroatoms. The quantitative estimate of drug-likeness (QED) is 0.0490. The zero-order valence-corrected chi connectivity index (χ0v) is 32.3. The van der Waals surface area contributed by atoms with E-state index in [0.29, 0.717) is 40.0 Å². The molecule has 1 amide bonds. The Morgan fingerprint density at radius 1 is 1.04 bits per heavy atom. The van der Waals surface area contributed by atoms with Gasteiger partial charge in [0.25, 0.3) is 18.0 Å². The van der Waals surface area contributed by atoms with Crippen molar-refractivity contribution in [1.29, 1.82) is 0 Å². The Bertz CT molecular complexity index is 2270. The molecular formula is C41H44F2N8O5S. The second-order valence-corrected chi connectivity index (χ2v) is 16.0. The molecular weight excluding hydrogens is 755 g/mol. The predicted octanol–water partition coefficient (Wildman–Crippen LogP) is 7.80. The van der Waals surface area contributed by atoms with Crippen molar-refractivity contribution in [2.45, 2.75) is 49.6 Å². The molecule has 13 nitrogen and oxygen atoms in total. The van der Waals surface area contributed by atoms with E-state index < -0.39 is 17.3 Å². The number of fused-ring (bicyclic) bond motifs is 1. The van der Waals surface area contributed by atoms with Crippen LogP contribution in [0.25, 0.3) is 11.0 Å². The number of halogens is 2. The number of benzene rings is 3. The first kappa shape index (κ1) is 38.4. The normalized spacial score (nSPS) is 17.5. The SMILES string of the molecule is COc1cc(CN2CCN(C3CC4(CCN(c5ccc(C(=O)NSc6ccc(N)c([N+](=O)[O-])c6)c(Oc6cnc7[nH]ccc7c6)c5)CC4)C3)CC2)ccc1C(F)F. The van der Waals surface area contributed by atoms with Gasteiger partial charge in [-0.2, -0.15) is 0 Å². The lowest BCUT2D eigenvalue weighted by Crippen LogP contribution is -2.59. The highest BCUT2D eigenvalue weighted by atomic mass is 32.2. The second-order valence-electron chi connectivity index (χ2n) is 15.1. The number of hydrogen-bond acceptors (Lipinski definition) is 11. The summed E-state index contributed by atoms with van der Waals surface area (Å²) in [6, 6.07) is 19.3. The number of nitro benzene ring substituents is 1. The van der Waals surface area contributed by atoms with E-state index in [9.17, 15) is 23.7 Å². The number of carbonyl (C=O) groups is 1. The van der Waals surface area contributed by atoms with Crippen molar-refractivity contribution in [3.63, 3.8) is 0 Å². The molecule has 2 saturated heterocycles. The molecule has 5 aromatic rings. The number of aromatic amines is 1. The molecule has 4 N–H and O–H groups in total. The van der Waals surface area contributed by atoms with Crippen LogP contribution in [-0.2, 0) is 6.54 Å². The van der Waals surface area contributed by atoms with Gasteiger partial charge in [-0.15, -0.1) is 0 Å². The highest BCUT2D eigenvalue weighted by Gasteiger charge is 2.48. The van der Waals surface area contributed by atoms with Crippen molar-refractivity contribution < 1.29 is 28.0 Å². The number of amides is 1. The first-order valence-corrected chi connectivity index (χ1v) is 19.8. The Morgan fingerprint density at radius 2 is 1.82 bits per heavy atom. The molecule has 4 heterocycles. The number of hydrogen-bond donors (Lipinski definition) is 3. The number of H-pyrrole nitrogens is 1. The van der Waals surface area contributed by atoms with Crippen LogP contribution in [0.5, 0.6) is 17.2 Å². The number of rotatable bonds is 12. The molecule has 1 saturated carbocycles. The summed E-state index contributed by atoms with van der Waals surface area (Å²) in [5, 5.41) is 12.3. The number of piperazine rings is 1. The monoisotopic (exact) mass is 798 g/mol. The van der Waals surface area contributed by atoms with Gasteiger partial charge >= 0.3 is 0 Å². The van der Waals surface area contributed by atoms with Crippen molar-refractivity contribution in [2.24, 2.45) is 5.41 Å². The summed E-state index contributed by atoms with van der Waals surface area (Å²) in [6.45, 7) is 6.35. The number of aromatic nitrogens is 2. The van der Waals surface area contributed by atoms with Crippen LogP contribution >= 0.6 is 11.9 Å². The number of methoxy groups -OCH3 is 1. The van der Waals surface area contributed by atoms with Gasteiger partial charge in [-0.3, -0.25) is 29.4 Å². The van der Waals surface area contributed by atoms with E-state index in [1.54, 1.807) is 36.7 Å². The van der Waals surface area contributed by atoms with Crippen molar-refractivity contribution in [2.75, 3.05) is 57.0 Å². The first-order chi connectivity index (χ1) is 27.6. The summed E-state index contributed by atoms with van der Waals surface area (Å²) in [5.41, 5.74) is 8.80. The van der Waals surface area contributed by atoms with Gasteiger partial charge < -0.3 is 25.1 Å². The summed E-state index contributed by atoms with van der Waals surface area (Å²) in [7, 11) is 1.43. The third kappa shape index (κ3) is 8.34. The van der Waals surface area contributed by atoms with E-state index in [-0.39, 0.29) is 22.7 Å². The number of carbonyl (C=O) groups excluding carboxylic acids is 1. The predicted molar refractivity (Wildman–Crippen MR) is 215 cm³/mol. The third-order valence-electron chi connectivity index (χ3n) is 11.7. The molecule has 0 bridgehead atoms. The summed E-state index contributed by atoms with van der Waals surface area (Å²) in [5.74, 6) is 0.682. The van der Waals surface area contributed by atoms with E-state index in [1.807, 2.05) is 24.3 Å². The van der Waals surface area contributed by atoms with Gasteiger partial charge in [-0.05, 0) is 97.1 Å². The van der Waals surface area contributed by atoms with Crippen LogP contribution in [0.3, 0.4) is 0 Å². The minimum Gasteiger partial charge on any atom is -0.496 e. The lowest BCUT2D eigenvalue weighted by atomic mass is 9.60. The fourth-order valence-corrected chi connectivity index (χ4v) is 9.04. The number of nitrogens with zero attached hydrogens (tertiary/aromatic N) is 5. The number of nitrogens with two attached hydrogens (primary N) is 1. The molecule has 0 atom stereocenters. The Hall–Kier alpha value is -5.45. The maximum atomic E-state index is 13.6. The molecule has 1 spiro atoms. The number of nitrogens with one attached hydrogen (secondary N) is 2. The maximum Gasteiger partial charge on any atom is 0.293 e. The van der Waals surface area contributed by atoms with Gasteiger partial charge in [0.15, 0.2) is 0 Å². The van der Waals surface area contributed by atoms with Crippen molar-refractivity contribution >= 4 is 46.0 Å². The van der Waals surface area contributed by atoms with Crippen molar-refractivity contribution in [3.8, 4) is 17.2 Å². The Kier molecular flexibility index (Phi) is 10.9. The summed E-state index contributed by atoms with van der Waals surface area (Å²) in [4.78, 5) is 39.8. The Balaban J connectivity index is 0.882. The van der Waals surface area contributed by atoms with E-state index in [1.165, 1.54) is 38.2 Å². The highest BCUT2D eigenvalue weighted by Crippen LogP contribution is 2.51. The zero-order chi connectivity index (χ0) is 39.7. The molecule has 3 aliphatic rings. The van der Waals surface area contributed by atoms with Crippen LogP contribution < -0.4 is 24.8 Å². The average Bonchev–Trinajstić information content (AvgIpc) is 3.68. The molecule has 0 unspecified atom stereocenters. The Morgan fingerprint density at radius 3 is 2.56 bits per heavy atom. The largest absolute Gasteiger partial charge is 0.496 e. The van der Waals surface area contributed by atoms with Gasteiger partial charge in [0, 0.05) is 86.2 Å². The number of piperidine rings is 1. The Labute approximate surface area is 332 Å². The van der Waals surface area contributed by atoms with Crippen molar-refractivity contribution in [1.82, 2.24) is 24.5 Å². The van der Waals surface area contributed by atoms with Crippen LogP contribution in [0, 0.1) is 15.5 Å². The molecule has 8 rings (SSSR count). The number of ether oxygens (including phenoxy) is 2. The lowest BCUT2D eigenvalue weighted by molar-refractivity contribution is -0.384. The fourth-order valence-electron chi connectivity index (χ4n) is 8.41. The third-order valence-corrected chi connectivity index (χ3v) is 12.4.